The van der Waals surface area contributed by atoms with Gasteiger partial charge in [0.2, 0.25) is 0 Å². The molecule has 1 aromatic carbocycles. The molecule has 1 aliphatic carbocycles. The van der Waals surface area contributed by atoms with Gasteiger partial charge in [0.25, 0.3) is 0 Å². The van der Waals surface area contributed by atoms with Crippen LogP contribution in [0.25, 0.3) is 0 Å². The van der Waals surface area contributed by atoms with E-state index in [-0.39, 0.29) is 0 Å². The van der Waals surface area contributed by atoms with Crippen molar-refractivity contribution in [1.29, 1.82) is 5.26 Å². The first-order valence-electron chi connectivity index (χ1n) is 6.98. The zero-order valence-corrected chi connectivity index (χ0v) is 11.4. The van der Waals surface area contributed by atoms with E-state index in [9.17, 15) is 10.1 Å². The zero-order chi connectivity index (χ0) is 13.7. The molecule has 0 saturated heterocycles. The molecule has 0 unspecified atom stereocenters. The molecule has 0 aromatic heterocycles. The molecule has 2 rings (SSSR count). The number of aldehydes is 1. The highest BCUT2D eigenvalue weighted by Crippen LogP contribution is 2.28. The van der Waals surface area contributed by atoms with E-state index in [1.165, 1.54) is 38.5 Å². The number of carbonyl (C=O) groups is 1. The van der Waals surface area contributed by atoms with Crippen LogP contribution in [-0.2, 0) is 0 Å². The van der Waals surface area contributed by atoms with Crippen LogP contribution in [0, 0.1) is 11.3 Å². The third kappa shape index (κ3) is 3.14. The molecule has 0 radical (unpaired) electrons. The molecule has 1 fully saturated rings. The van der Waals surface area contributed by atoms with Crippen molar-refractivity contribution in [2.75, 3.05) is 11.9 Å². The lowest BCUT2D eigenvalue weighted by Crippen LogP contribution is -2.31. The summed E-state index contributed by atoms with van der Waals surface area (Å²) in [6.45, 7) is 0. The number of hydrogen-bond donors (Lipinski definition) is 0. The minimum Gasteiger partial charge on any atom is -0.371 e. The summed E-state index contributed by atoms with van der Waals surface area (Å²) < 4.78 is 0. The van der Waals surface area contributed by atoms with E-state index in [0.29, 0.717) is 17.2 Å². The highest BCUT2D eigenvalue weighted by molar-refractivity contribution is 5.78. The van der Waals surface area contributed by atoms with Gasteiger partial charge >= 0.3 is 0 Å². The van der Waals surface area contributed by atoms with E-state index in [2.05, 4.69) is 18.0 Å². The van der Waals surface area contributed by atoms with E-state index in [0.717, 1.165) is 12.0 Å². The Kier molecular flexibility index (Phi) is 4.57. The van der Waals surface area contributed by atoms with Crippen LogP contribution >= 0.6 is 0 Å². The fourth-order valence-corrected chi connectivity index (χ4v) is 2.87. The predicted octanol–water partition coefficient (Wildman–Crippen LogP) is 3.53. The largest absolute Gasteiger partial charge is 0.371 e. The van der Waals surface area contributed by atoms with Gasteiger partial charge in [0.05, 0.1) is 11.3 Å². The molecular formula is C16H20N2O. The van der Waals surface area contributed by atoms with Crippen molar-refractivity contribution in [2.45, 2.75) is 44.6 Å². The molecule has 1 aliphatic rings. The molecule has 0 N–H and O–H groups in total. The highest BCUT2D eigenvalue weighted by atomic mass is 16.1. The van der Waals surface area contributed by atoms with Crippen LogP contribution in [0.15, 0.2) is 18.2 Å². The molecule has 19 heavy (non-hydrogen) atoms. The Balaban J connectivity index is 2.24. The van der Waals surface area contributed by atoms with Gasteiger partial charge in [-0.25, -0.2) is 0 Å². The lowest BCUT2D eigenvalue weighted by molar-refractivity contribution is 0.112. The summed E-state index contributed by atoms with van der Waals surface area (Å²) in [4.78, 5) is 13.0. The Morgan fingerprint density at radius 1 is 1.26 bits per heavy atom. The molecule has 0 aliphatic heterocycles. The lowest BCUT2D eigenvalue weighted by atomic mass is 10.0. The number of anilines is 1. The number of nitriles is 1. The smallest absolute Gasteiger partial charge is 0.150 e. The van der Waals surface area contributed by atoms with E-state index in [1.54, 1.807) is 12.1 Å². The summed E-state index contributed by atoms with van der Waals surface area (Å²) in [5.74, 6) is 0. The first-order valence-corrected chi connectivity index (χ1v) is 6.98. The van der Waals surface area contributed by atoms with Gasteiger partial charge in [-0.3, -0.25) is 4.79 Å². The second-order valence-corrected chi connectivity index (χ2v) is 5.26. The highest BCUT2D eigenvalue weighted by Gasteiger charge is 2.19. The fourth-order valence-electron chi connectivity index (χ4n) is 2.87. The van der Waals surface area contributed by atoms with Crippen molar-refractivity contribution in [3.8, 4) is 6.07 Å². The molecule has 0 spiro atoms. The first-order chi connectivity index (χ1) is 9.26. The average Bonchev–Trinajstić information content (AvgIpc) is 2.74. The number of benzene rings is 1. The topological polar surface area (TPSA) is 44.1 Å². The molecule has 1 saturated carbocycles. The molecule has 0 bridgehead atoms. The number of nitrogens with zero attached hydrogens (tertiary/aromatic N) is 2. The van der Waals surface area contributed by atoms with Crippen molar-refractivity contribution in [3.63, 3.8) is 0 Å². The van der Waals surface area contributed by atoms with E-state index in [4.69, 9.17) is 0 Å². The Hall–Kier alpha value is -1.82. The normalized spacial score (nSPS) is 16.4. The molecule has 3 nitrogen and oxygen atoms in total. The van der Waals surface area contributed by atoms with Gasteiger partial charge in [-0.2, -0.15) is 5.26 Å². The average molecular weight is 256 g/mol. The maximum Gasteiger partial charge on any atom is 0.150 e. The molecule has 100 valence electrons. The minimum atomic E-state index is 0.511. The van der Waals surface area contributed by atoms with Crippen LogP contribution < -0.4 is 4.90 Å². The second kappa shape index (κ2) is 6.38. The molecule has 0 heterocycles. The standard InChI is InChI=1S/C16H20N2O/c1-18(15-6-4-2-3-5-7-15)16-9-8-13(12-19)10-14(16)11-17/h8-10,12,15H,2-7H2,1H3. The Morgan fingerprint density at radius 3 is 2.53 bits per heavy atom. The van der Waals surface area contributed by atoms with E-state index < -0.39 is 0 Å². The van der Waals surface area contributed by atoms with Crippen LogP contribution in [0.2, 0.25) is 0 Å². The van der Waals surface area contributed by atoms with Crippen molar-refractivity contribution in [1.82, 2.24) is 0 Å². The first kappa shape index (κ1) is 13.6. The van der Waals surface area contributed by atoms with Gasteiger partial charge in [0, 0.05) is 18.7 Å². The quantitative estimate of drug-likeness (QED) is 0.614. The van der Waals surface area contributed by atoms with Crippen molar-refractivity contribution >= 4 is 12.0 Å². The third-order valence-corrected chi connectivity index (χ3v) is 4.03. The minimum absolute atomic E-state index is 0.511. The summed E-state index contributed by atoms with van der Waals surface area (Å²) in [6.07, 6.45) is 8.34. The van der Waals surface area contributed by atoms with Crippen LogP contribution in [0.4, 0.5) is 5.69 Å². The van der Waals surface area contributed by atoms with Crippen LogP contribution in [0.5, 0.6) is 0 Å². The maximum absolute atomic E-state index is 10.8. The van der Waals surface area contributed by atoms with E-state index in [1.807, 2.05) is 6.07 Å². The molecule has 0 amide bonds. The summed E-state index contributed by atoms with van der Waals surface area (Å²) in [6, 6.07) is 8.08. The van der Waals surface area contributed by atoms with E-state index >= 15 is 0 Å². The summed E-state index contributed by atoms with van der Waals surface area (Å²) >= 11 is 0. The number of hydrogen-bond acceptors (Lipinski definition) is 3. The Bertz CT molecular complexity index is 482. The van der Waals surface area contributed by atoms with Crippen LogP contribution in [-0.4, -0.2) is 19.4 Å². The van der Waals surface area contributed by atoms with Crippen molar-refractivity contribution in [3.05, 3.63) is 29.3 Å². The molecular weight excluding hydrogens is 236 g/mol. The third-order valence-electron chi connectivity index (χ3n) is 4.03. The molecule has 1 aromatic rings. The number of carbonyl (C=O) groups excluding carboxylic acids is 1. The summed E-state index contributed by atoms with van der Waals surface area (Å²) in [7, 11) is 2.06. The number of rotatable bonds is 3. The van der Waals surface area contributed by atoms with Crippen molar-refractivity contribution in [2.24, 2.45) is 0 Å². The van der Waals surface area contributed by atoms with Gasteiger partial charge in [0.15, 0.2) is 0 Å². The van der Waals surface area contributed by atoms with Crippen LogP contribution in [0.1, 0.15) is 54.4 Å². The molecule has 0 atom stereocenters. The predicted molar refractivity (Wildman–Crippen MR) is 76.4 cm³/mol. The SMILES string of the molecule is CN(c1ccc(C=O)cc1C#N)C1CCCCCC1. The van der Waals surface area contributed by atoms with Crippen LogP contribution in [0.3, 0.4) is 0 Å². The molecule has 3 heteroatoms. The Morgan fingerprint density at radius 2 is 1.95 bits per heavy atom. The van der Waals surface area contributed by atoms with Gasteiger partial charge in [-0.1, -0.05) is 25.7 Å². The monoisotopic (exact) mass is 256 g/mol. The van der Waals surface area contributed by atoms with Crippen molar-refractivity contribution < 1.29 is 4.79 Å². The zero-order valence-electron chi connectivity index (χ0n) is 11.4. The second-order valence-electron chi connectivity index (χ2n) is 5.26. The van der Waals surface area contributed by atoms with Gasteiger partial charge in [0.1, 0.15) is 12.4 Å². The van der Waals surface area contributed by atoms with Gasteiger partial charge in [-0.05, 0) is 31.0 Å². The van der Waals surface area contributed by atoms with Gasteiger partial charge < -0.3 is 4.90 Å². The maximum atomic E-state index is 10.8. The Labute approximate surface area is 114 Å². The summed E-state index contributed by atoms with van der Waals surface area (Å²) in [5.41, 5.74) is 2.10. The fraction of sp³-hybridized carbons (Fsp3) is 0.500. The lowest BCUT2D eigenvalue weighted by Gasteiger charge is -2.30. The van der Waals surface area contributed by atoms with Gasteiger partial charge in [-0.15, -0.1) is 0 Å². The summed E-state index contributed by atoms with van der Waals surface area (Å²) in [5, 5.41) is 9.25.